The van der Waals surface area contributed by atoms with Crippen LogP contribution >= 0.6 is 0 Å². The SMILES string of the molecule is C=C(C)CCN1CCCCC(F)C1. The summed E-state index contributed by atoms with van der Waals surface area (Å²) in [7, 11) is 0. The Labute approximate surface area is 80.6 Å². The van der Waals surface area contributed by atoms with Crippen molar-refractivity contribution in [3.63, 3.8) is 0 Å². The molecule has 0 radical (unpaired) electrons. The molecule has 1 atom stereocenters. The number of nitrogens with zero attached hydrogens (tertiary/aromatic N) is 1. The average Bonchev–Trinajstić information content (AvgIpc) is 2.26. The molecule has 0 amide bonds. The highest BCUT2D eigenvalue weighted by Gasteiger charge is 2.16. The lowest BCUT2D eigenvalue weighted by atomic mass is 10.2. The van der Waals surface area contributed by atoms with Crippen LogP contribution in [-0.4, -0.2) is 30.7 Å². The summed E-state index contributed by atoms with van der Waals surface area (Å²) in [5.41, 5.74) is 1.19. The molecule has 0 aliphatic carbocycles. The van der Waals surface area contributed by atoms with E-state index in [9.17, 15) is 4.39 Å². The Balaban J connectivity index is 2.26. The number of likely N-dealkylation sites (tertiary alicyclic amines) is 1. The summed E-state index contributed by atoms with van der Waals surface area (Å²) in [6.07, 6.45) is 3.35. The van der Waals surface area contributed by atoms with Crippen LogP contribution in [0.25, 0.3) is 0 Å². The minimum atomic E-state index is -0.604. The molecule has 76 valence electrons. The van der Waals surface area contributed by atoms with Gasteiger partial charge in [-0.15, -0.1) is 6.58 Å². The van der Waals surface area contributed by atoms with E-state index in [1.807, 2.05) is 6.92 Å². The minimum absolute atomic E-state index is 0.604. The quantitative estimate of drug-likeness (QED) is 0.611. The van der Waals surface area contributed by atoms with Crippen molar-refractivity contribution in [3.05, 3.63) is 12.2 Å². The van der Waals surface area contributed by atoms with E-state index in [0.29, 0.717) is 6.54 Å². The van der Waals surface area contributed by atoms with Crippen molar-refractivity contribution in [2.75, 3.05) is 19.6 Å². The maximum atomic E-state index is 13.2. The van der Waals surface area contributed by atoms with Gasteiger partial charge in [0, 0.05) is 13.1 Å². The second kappa shape index (κ2) is 5.38. The van der Waals surface area contributed by atoms with E-state index in [4.69, 9.17) is 0 Å². The topological polar surface area (TPSA) is 3.24 Å². The molecule has 1 aliphatic rings. The van der Waals surface area contributed by atoms with Crippen molar-refractivity contribution in [1.82, 2.24) is 4.90 Å². The molecular weight excluding hydrogens is 165 g/mol. The number of rotatable bonds is 3. The Morgan fingerprint density at radius 1 is 1.54 bits per heavy atom. The normalized spacial score (nSPS) is 25.5. The molecule has 1 saturated heterocycles. The molecule has 0 saturated carbocycles. The standard InChI is InChI=1S/C11H20FN/c1-10(2)6-8-13-7-4-3-5-11(12)9-13/h11H,1,3-9H2,2H3. The second-order valence-electron chi connectivity index (χ2n) is 4.10. The molecule has 1 fully saturated rings. The van der Waals surface area contributed by atoms with Crippen LogP contribution in [0.1, 0.15) is 32.6 Å². The zero-order valence-corrected chi connectivity index (χ0v) is 8.56. The van der Waals surface area contributed by atoms with E-state index in [2.05, 4.69) is 11.5 Å². The van der Waals surface area contributed by atoms with Gasteiger partial charge in [0.1, 0.15) is 6.17 Å². The first-order valence-electron chi connectivity index (χ1n) is 5.19. The van der Waals surface area contributed by atoms with Crippen LogP contribution in [0.5, 0.6) is 0 Å². The molecule has 2 heteroatoms. The predicted octanol–water partition coefficient (Wildman–Crippen LogP) is 2.78. The zero-order valence-electron chi connectivity index (χ0n) is 8.56. The summed E-state index contributed by atoms with van der Waals surface area (Å²) in [6.45, 7) is 8.57. The molecule has 0 aromatic heterocycles. The van der Waals surface area contributed by atoms with Gasteiger partial charge in [0.25, 0.3) is 0 Å². The van der Waals surface area contributed by atoms with Gasteiger partial charge >= 0.3 is 0 Å². The van der Waals surface area contributed by atoms with Crippen molar-refractivity contribution in [3.8, 4) is 0 Å². The lowest BCUT2D eigenvalue weighted by Gasteiger charge is -2.20. The van der Waals surface area contributed by atoms with Gasteiger partial charge in [-0.2, -0.15) is 0 Å². The molecule has 0 bridgehead atoms. The molecule has 1 nitrogen and oxygen atoms in total. The Bertz CT molecular complexity index is 167. The Hall–Kier alpha value is -0.370. The Kier molecular flexibility index (Phi) is 4.43. The fraction of sp³-hybridized carbons (Fsp3) is 0.818. The van der Waals surface area contributed by atoms with E-state index in [1.54, 1.807) is 0 Å². The number of hydrogen-bond donors (Lipinski definition) is 0. The molecule has 0 aromatic carbocycles. The van der Waals surface area contributed by atoms with Gasteiger partial charge in [0.05, 0.1) is 0 Å². The predicted molar refractivity (Wildman–Crippen MR) is 54.6 cm³/mol. The summed E-state index contributed by atoms with van der Waals surface area (Å²) >= 11 is 0. The molecule has 0 N–H and O–H groups in total. The number of alkyl halides is 1. The number of halogens is 1. The maximum absolute atomic E-state index is 13.2. The third-order valence-electron chi connectivity index (χ3n) is 2.55. The van der Waals surface area contributed by atoms with E-state index in [-0.39, 0.29) is 0 Å². The van der Waals surface area contributed by atoms with E-state index < -0.39 is 6.17 Å². The molecule has 0 spiro atoms. The van der Waals surface area contributed by atoms with Gasteiger partial charge in [-0.3, -0.25) is 0 Å². The lowest BCUT2D eigenvalue weighted by Crippen LogP contribution is -2.30. The third kappa shape index (κ3) is 4.41. The van der Waals surface area contributed by atoms with Gasteiger partial charge in [-0.25, -0.2) is 4.39 Å². The Morgan fingerprint density at radius 2 is 2.31 bits per heavy atom. The van der Waals surface area contributed by atoms with Crippen molar-refractivity contribution < 1.29 is 4.39 Å². The van der Waals surface area contributed by atoms with Crippen LogP contribution in [0.2, 0.25) is 0 Å². The van der Waals surface area contributed by atoms with E-state index in [1.165, 1.54) is 5.57 Å². The summed E-state index contributed by atoms with van der Waals surface area (Å²) in [5, 5.41) is 0. The van der Waals surface area contributed by atoms with Gasteiger partial charge in [0.15, 0.2) is 0 Å². The molecule has 1 unspecified atom stereocenters. The van der Waals surface area contributed by atoms with Crippen LogP contribution < -0.4 is 0 Å². The first-order valence-corrected chi connectivity index (χ1v) is 5.19. The fourth-order valence-corrected chi connectivity index (χ4v) is 1.72. The molecular formula is C11H20FN. The average molecular weight is 185 g/mol. The van der Waals surface area contributed by atoms with Crippen molar-refractivity contribution in [2.24, 2.45) is 0 Å². The van der Waals surface area contributed by atoms with Crippen molar-refractivity contribution in [1.29, 1.82) is 0 Å². The molecule has 0 aromatic rings. The monoisotopic (exact) mass is 185 g/mol. The summed E-state index contributed by atoms with van der Waals surface area (Å²) < 4.78 is 13.2. The zero-order chi connectivity index (χ0) is 9.68. The highest BCUT2D eigenvalue weighted by Crippen LogP contribution is 2.14. The molecule has 1 heterocycles. The van der Waals surface area contributed by atoms with Crippen LogP contribution in [-0.2, 0) is 0 Å². The minimum Gasteiger partial charge on any atom is -0.300 e. The number of hydrogen-bond acceptors (Lipinski definition) is 1. The smallest absolute Gasteiger partial charge is 0.113 e. The summed E-state index contributed by atoms with van der Waals surface area (Å²) in [6, 6.07) is 0. The molecule has 1 rings (SSSR count). The van der Waals surface area contributed by atoms with Gasteiger partial charge < -0.3 is 4.90 Å². The first kappa shape index (κ1) is 10.7. The highest BCUT2D eigenvalue weighted by molar-refractivity contribution is 4.89. The largest absolute Gasteiger partial charge is 0.300 e. The summed E-state index contributed by atoms with van der Waals surface area (Å²) in [4.78, 5) is 2.23. The molecule has 13 heavy (non-hydrogen) atoms. The van der Waals surface area contributed by atoms with Gasteiger partial charge in [-0.1, -0.05) is 5.57 Å². The van der Waals surface area contributed by atoms with Gasteiger partial charge in [-0.05, 0) is 39.2 Å². The van der Waals surface area contributed by atoms with Crippen molar-refractivity contribution in [2.45, 2.75) is 38.8 Å². The summed E-state index contributed by atoms with van der Waals surface area (Å²) in [5.74, 6) is 0. The maximum Gasteiger partial charge on any atom is 0.113 e. The molecule has 1 aliphatic heterocycles. The van der Waals surface area contributed by atoms with E-state index in [0.717, 1.165) is 38.8 Å². The van der Waals surface area contributed by atoms with Crippen LogP contribution in [0.4, 0.5) is 4.39 Å². The lowest BCUT2D eigenvalue weighted by molar-refractivity contribution is 0.208. The van der Waals surface area contributed by atoms with E-state index >= 15 is 0 Å². The highest BCUT2D eigenvalue weighted by atomic mass is 19.1. The van der Waals surface area contributed by atoms with Crippen LogP contribution in [0.15, 0.2) is 12.2 Å². The second-order valence-corrected chi connectivity index (χ2v) is 4.10. The van der Waals surface area contributed by atoms with Crippen LogP contribution in [0.3, 0.4) is 0 Å². The Morgan fingerprint density at radius 3 is 3.00 bits per heavy atom. The van der Waals surface area contributed by atoms with Gasteiger partial charge in [0.2, 0.25) is 0 Å². The van der Waals surface area contributed by atoms with Crippen LogP contribution in [0, 0.1) is 0 Å². The van der Waals surface area contributed by atoms with Crippen molar-refractivity contribution >= 4 is 0 Å². The third-order valence-corrected chi connectivity index (χ3v) is 2.55. The fourth-order valence-electron chi connectivity index (χ4n) is 1.72. The first-order chi connectivity index (χ1) is 6.18.